The molecule has 110 valence electrons. The summed E-state index contributed by atoms with van der Waals surface area (Å²) in [4.78, 5) is 10.6. The first-order valence-corrected chi connectivity index (χ1v) is 8.19. The summed E-state index contributed by atoms with van der Waals surface area (Å²) in [6.45, 7) is 3.62. The second-order valence-corrected chi connectivity index (χ2v) is 6.22. The van der Waals surface area contributed by atoms with Gasteiger partial charge in [0.2, 0.25) is 0 Å². The van der Waals surface area contributed by atoms with Crippen LogP contribution in [-0.2, 0) is 0 Å². The molecule has 0 aliphatic carbocycles. The van der Waals surface area contributed by atoms with Gasteiger partial charge in [-0.25, -0.2) is 0 Å². The van der Waals surface area contributed by atoms with Crippen LogP contribution in [0.15, 0.2) is 18.2 Å². The molecule has 0 amide bonds. The van der Waals surface area contributed by atoms with Crippen molar-refractivity contribution in [3.8, 4) is 0 Å². The Morgan fingerprint density at radius 2 is 1.90 bits per heavy atom. The van der Waals surface area contributed by atoms with Gasteiger partial charge in [-0.1, -0.05) is 0 Å². The average molecular weight is 295 g/mol. The Bertz CT molecular complexity index is 462. The van der Waals surface area contributed by atoms with Crippen molar-refractivity contribution in [3.05, 3.63) is 28.3 Å². The minimum atomic E-state index is -0.344. The zero-order valence-corrected chi connectivity index (χ0v) is 12.5. The number of hydrogen-bond donors (Lipinski definition) is 2. The molecule has 0 atom stereocenters. The Kier molecular flexibility index (Phi) is 5.52. The van der Waals surface area contributed by atoms with Gasteiger partial charge in [0.15, 0.2) is 0 Å². The number of hydrogen-bond acceptors (Lipinski definition) is 5. The Hall–Kier alpha value is -1.43. The van der Waals surface area contributed by atoms with Crippen molar-refractivity contribution in [2.45, 2.75) is 19.8 Å². The van der Waals surface area contributed by atoms with Crippen molar-refractivity contribution in [1.29, 1.82) is 0 Å². The fourth-order valence-corrected chi connectivity index (χ4v) is 3.54. The average Bonchev–Trinajstić information content (AvgIpc) is 2.46. The number of anilines is 2. The van der Waals surface area contributed by atoms with Crippen LogP contribution in [0.2, 0.25) is 0 Å². The van der Waals surface area contributed by atoms with Crippen LogP contribution in [-0.4, -0.2) is 29.5 Å². The van der Waals surface area contributed by atoms with Crippen LogP contribution in [0.25, 0.3) is 0 Å². The molecule has 1 aromatic rings. The molecule has 1 aliphatic rings. The third-order valence-corrected chi connectivity index (χ3v) is 4.49. The fraction of sp³-hybridized carbons (Fsp3) is 0.571. The maximum absolute atomic E-state index is 11.0. The summed E-state index contributed by atoms with van der Waals surface area (Å²) in [6.07, 6.45) is 2.46. The molecule has 1 aromatic carbocycles. The summed E-state index contributed by atoms with van der Waals surface area (Å²) >= 11 is 2.01. The molecule has 2 rings (SSSR count). The minimum Gasteiger partial charge on any atom is -0.385 e. The predicted octanol–water partition coefficient (Wildman–Crippen LogP) is 3.58. The van der Waals surface area contributed by atoms with Crippen molar-refractivity contribution in [3.63, 3.8) is 0 Å². The second kappa shape index (κ2) is 7.38. The van der Waals surface area contributed by atoms with E-state index in [0.717, 1.165) is 24.5 Å². The van der Waals surface area contributed by atoms with Crippen LogP contribution in [0.5, 0.6) is 0 Å². The van der Waals surface area contributed by atoms with E-state index >= 15 is 0 Å². The molecule has 1 saturated heterocycles. The van der Waals surface area contributed by atoms with E-state index in [-0.39, 0.29) is 10.6 Å². The van der Waals surface area contributed by atoms with Gasteiger partial charge >= 0.3 is 0 Å². The number of nitrogens with zero attached hydrogens (tertiary/aromatic N) is 1. The SMILES string of the molecule is CCNc1cc(NCC2CCSCC2)cc([N+](=O)[O-])c1. The standard InChI is InChI=1S/C14H21N3O2S/c1-2-15-12-7-13(9-14(8-12)17(18)19)16-10-11-3-5-20-6-4-11/h7-9,11,15-16H,2-6,10H2,1H3. The van der Waals surface area contributed by atoms with E-state index in [1.165, 1.54) is 24.3 Å². The van der Waals surface area contributed by atoms with Gasteiger partial charge in [0.05, 0.1) is 4.92 Å². The van der Waals surface area contributed by atoms with E-state index in [1.54, 1.807) is 12.1 Å². The van der Waals surface area contributed by atoms with Gasteiger partial charge in [0, 0.05) is 36.6 Å². The zero-order chi connectivity index (χ0) is 14.4. The lowest BCUT2D eigenvalue weighted by atomic mass is 10.0. The number of nitro groups is 1. The molecule has 6 heteroatoms. The number of non-ortho nitro benzene ring substituents is 1. The maximum atomic E-state index is 11.0. The molecule has 0 saturated carbocycles. The zero-order valence-electron chi connectivity index (χ0n) is 11.7. The van der Waals surface area contributed by atoms with Crippen LogP contribution >= 0.6 is 11.8 Å². The van der Waals surface area contributed by atoms with E-state index in [2.05, 4.69) is 10.6 Å². The Balaban J connectivity index is 2.03. The maximum Gasteiger partial charge on any atom is 0.273 e. The van der Waals surface area contributed by atoms with Gasteiger partial charge in [-0.2, -0.15) is 11.8 Å². The number of nitrogens with one attached hydrogen (secondary N) is 2. The molecule has 1 aliphatic heterocycles. The molecular formula is C14H21N3O2S. The van der Waals surface area contributed by atoms with Crippen molar-refractivity contribution >= 4 is 28.8 Å². The summed E-state index contributed by atoms with van der Waals surface area (Å²) in [5.74, 6) is 3.13. The van der Waals surface area contributed by atoms with Gasteiger partial charge in [-0.15, -0.1) is 0 Å². The van der Waals surface area contributed by atoms with E-state index in [4.69, 9.17) is 0 Å². The number of nitro benzene ring substituents is 1. The van der Waals surface area contributed by atoms with Crippen LogP contribution in [0.1, 0.15) is 19.8 Å². The highest BCUT2D eigenvalue weighted by Crippen LogP contribution is 2.26. The van der Waals surface area contributed by atoms with Gasteiger partial charge in [0.1, 0.15) is 0 Å². The lowest BCUT2D eigenvalue weighted by molar-refractivity contribution is -0.384. The number of rotatable bonds is 6. The van der Waals surface area contributed by atoms with Crippen molar-refractivity contribution in [2.24, 2.45) is 5.92 Å². The molecule has 1 fully saturated rings. The number of thioether (sulfide) groups is 1. The molecule has 0 aromatic heterocycles. The largest absolute Gasteiger partial charge is 0.385 e. The minimum absolute atomic E-state index is 0.130. The van der Waals surface area contributed by atoms with E-state index < -0.39 is 0 Å². The van der Waals surface area contributed by atoms with Crippen LogP contribution in [0.4, 0.5) is 17.1 Å². The monoisotopic (exact) mass is 295 g/mol. The summed E-state index contributed by atoms with van der Waals surface area (Å²) in [7, 11) is 0. The second-order valence-electron chi connectivity index (χ2n) is 4.99. The highest BCUT2D eigenvalue weighted by atomic mass is 32.2. The summed E-state index contributed by atoms with van der Waals surface area (Å²) < 4.78 is 0. The highest BCUT2D eigenvalue weighted by molar-refractivity contribution is 7.99. The van der Waals surface area contributed by atoms with Gasteiger partial charge in [-0.05, 0) is 43.3 Å². The first-order chi connectivity index (χ1) is 9.69. The topological polar surface area (TPSA) is 67.2 Å². The molecule has 0 spiro atoms. The first-order valence-electron chi connectivity index (χ1n) is 7.04. The van der Waals surface area contributed by atoms with Crippen LogP contribution in [0.3, 0.4) is 0 Å². The van der Waals surface area contributed by atoms with Crippen LogP contribution in [0, 0.1) is 16.0 Å². The Morgan fingerprint density at radius 1 is 1.25 bits per heavy atom. The van der Waals surface area contributed by atoms with Gasteiger partial charge in [-0.3, -0.25) is 10.1 Å². The molecule has 2 N–H and O–H groups in total. The lowest BCUT2D eigenvalue weighted by Gasteiger charge is -2.22. The fourth-order valence-electron chi connectivity index (χ4n) is 2.34. The van der Waals surface area contributed by atoms with Gasteiger partial charge in [0.25, 0.3) is 5.69 Å². The first kappa shape index (κ1) is 15.0. The molecule has 0 bridgehead atoms. The smallest absolute Gasteiger partial charge is 0.273 e. The van der Waals surface area contributed by atoms with E-state index in [1.807, 2.05) is 24.8 Å². The Labute approximate surface area is 123 Å². The van der Waals surface area contributed by atoms with E-state index in [9.17, 15) is 10.1 Å². The van der Waals surface area contributed by atoms with E-state index in [0.29, 0.717) is 5.92 Å². The van der Waals surface area contributed by atoms with Crippen molar-refractivity contribution in [1.82, 2.24) is 0 Å². The molecule has 1 heterocycles. The highest BCUT2D eigenvalue weighted by Gasteiger charge is 2.14. The Morgan fingerprint density at radius 3 is 2.50 bits per heavy atom. The summed E-state index contributed by atoms with van der Waals surface area (Å²) in [6, 6.07) is 5.12. The third-order valence-electron chi connectivity index (χ3n) is 3.45. The normalized spacial score (nSPS) is 15.8. The predicted molar refractivity (Wildman–Crippen MR) is 85.8 cm³/mol. The molecule has 0 radical (unpaired) electrons. The third kappa shape index (κ3) is 4.30. The molecule has 5 nitrogen and oxygen atoms in total. The summed E-state index contributed by atoms with van der Waals surface area (Å²) in [5.41, 5.74) is 1.75. The molecule has 20 heavy (non-hydrogen) atoms. The molecule has 0 unspecified atom stereocenters. The number of benzene rings is 1. The quantitative estimate of drug-likeness (QED) is 0.620. The van der Waals surface area contributed by atoms with Crippen LogP contribution < -0.4 is 10.6 Å². The lowest BCUT2D eigenvalue weighted by Crippen LogP contribution is -2.19. The summed E-state index contributed by atoms with van der Waals surface area (Å²) in [5, 5.41) is 17.5. The van der Waals surface area contributed by atoms with Crippen molar-refractivity contribution in [2.75, 3.05) is 35.2 Å². The van der Waals surface area contributed by atoms with Crippen molar-refractivity contribution < 1.29 is 4.92 Å². The van der Waals surface area contributed by atoms with Gasteiger partial charge < -0.3 is 10.6 Å². The molecular weight excluding hydrogens is 274 g/mol.